The van der Waals surface area contributed by atoms with Crippen molar-refractivity contribution in [3.8, 4) is 0 Å². The molecule has 4 heteroatoms. The summed E-state index contributed by atoms with van der Waals surface area (Å²) in [6.07, 6.45) is 4.07. The SMILES string of the molecule is CC(C)c1ccc(NC(=O)c2cc(NC3CC3)ccn2)cc1. The number of nitrogens with one attached hydrogen (secondary N) is 2. The molecule has 0 radical (unpaired) electrons. The van der Waals surface area contributed by atoms with E-state index in [9.17, 15) is 4.79 Å². The minimum absolute atomic E-state index is 0.184. The summed E-state index contributed by atoms with van der Waals surface area (Å²) in [5.41, 5.74) is 3.43. The van der Waals surface area contributed by atoms with Crippen molar-refractivity contribution in [3.63, 3.8) is 0 Å². The highest BCUT2D eigenvalue weighted by molar-refractivity contribution is 6.03. The highest BCUT2D eigenvalue weighted by Gasteiger charge is 2.21. The molecule has 1 aromatic heterocycles. The lowest BCUT2D eigenvalue weighted by Gasteiger charge is -2.09. The zero-order valence-corrected chi connectivity index (χ0v) is 13.0. The highest BCUT2D eigenvalue weighted by Crippen LogP contribution is 2.24. The van der Waals surface area contributed by atoms with Crippen LogP contribution in [-0.4, -0.2) is 16.9 Å². The highest BCUT2D eigenvalue weighted by atomic mass is 16.1. The van der Waals surface area contributed by atoms with Gasteiger partial charge in [0.05, 0.1) is 0 Å². The van der Waals surface area contributed by atoms with Crippen LogP contribution < -0.4 is 10.6 Å². The average Bonchev–Trinajstić information content (AvgIpc) is 3.32. The van der Waals surface area contributed by atoms with E-state index in [1.54, 1.807) is 12.3 Å². The van der Waals surface area contributed by atoms with Gasteiger partial charge in [-0.05, 0) is 48.6 Å². The van der Waals surface area contributed by atoms with E-state index in [1.165, 1.54) is 18.4 Å². The Kier molecular flexibility index (Phi) is 4.09. The topological polar surface area (TPSA) is 54.0 Å². The fourth-order valence-electron chi connectivity index (χ4n) is 2.25. The fourth-order valence-corrected chi connectivity index (χ4v) is 2.25. The number of amides is 1. The van der Waals surface area contributed by atoms with E-state index in [2.05, 4.69) is 29.5 Å². The van der Waals surface area contributed by atoms with Crippen molar-refractivity contribution in [2.45, 2.75) is 38.6 Å². The molecule has 2 N–H and O–H groups in total. The third kappa shape index (κ3) is 3.64. The van der Waals surface area contributed by atoms with Crippen molar-refractivity contribution in [3.05, 3.63) is 53.9 Å². The number of rotatable bonds is 5. The van der Waals surface area contributed by atoms with Gasteiger partial charge in [-0.15, -0.1) is 0 Å². The number of anilines is 2. The minimum Gasteiger partial charge on any atom is -0.382 e. The summed E-state index contributed by atoms with van der Waals surface area (Å²) in [6.45, 7) is 4.30. The van der Waals surface area contributed by atoms with Crippen LogP contribution in [0.3, 0.4) is 0 Å². The molecular weight excluding hydrogens is 274 g/mol. The number of nitrogens with zero attached hydrogens (tertiary/aromatic N) is 1. The summed E-state index contributed by atoms with van der Waals surface area (Å²) in [5, 5.41) is 6.27. The first-order valence-electron chi connectivity index (χ1n) is 7.76. The Bertz CT molecular complexity index is 660. The van der Waals surface area contributed by atoms with Crippen molar-refractivity contribution >= 4 is 17.3 Å². The van der Waals surface area contributed by atoms with Crippen LogP contribution in [0, 0.1) is 0 Å². The van der Waals surface area contributed by atoms with Crippen LogP contribution in [0.2, 0.25) is 0 Å². The Morgan fingerprint density at radius 3 is 2.50 bits per heavy atom. The number of carbonyl (C=O) groups excluding carboxylic acids is 1. The van der Waals surface area contributed by atoms with Gasteiger partial charge in [-0.25, -0.2) is 0 Å². The van der Waals surface area contributed by atoms with E-state index < -0.39 is 0 Å². The second kappa shape index (κ2) is 6.18. The van der Waals surface area contributed by atoms with Gasteiger partial charge in [-0.3, -0.25) is 9.78 Å². The van der Waals surface area contributed by atoms with E-state index >= 15 is 0 Å². The van der Waals surface area contributed by atoms with Crippen LogP contribution in [0.1, 0.15) is 48.7 Å². The van der Waals surface area contributed by atoms with Crippen LogP contribution >= 0.6 is 0 Å². The van der Waals surface area contributed by atoms with Crippen LogP contribution in [0.15, 0.2) is 42.6 Å². The van der Waals surface area contributed by atoms with Gasteiger partial charge in [-0.2, -0.15) is 0 Å². The summed E-state index contributed by atoms with van der Waals surface area (Å²) in [5.74, 6) is 0.299. The second-order valence-electron chi connectivity index (χ2n) is 6.08. The molecule has 0 saturated heterocycles. The smallest absolute Gasteiger partial charge is 0.274 e. The molecule has 1 aromatic carbocycles. The lowest BCUT2D eigenvalue weighted by molar-refractivity contribution is 0.102. The maximum absolute atomic E-state index is 12.3. The Hall–Kier alpha value is -2.36. The van der Waals surface area contributed by atoms with Crippen molar-refractivity contribution in [2.24, 2.45) is 0 Å². The number of hydrogen-bond acceptors (Lipinski definition) is 3. The number of hydrogen-bond donors (Lipinski definition) is 2. The van der Waals surface area contributed by atoms with E-state index in [1.807, 2.05) is 30.3 Å². The van der Waals surface area contributed by atoms with Gasteiger partial charge < -0.3 is 10.6 Å². The molecule has 1 heterocycles. The van der Waals surface area contributed by atoms with Crippen molar-refractivity contribution in [1.29, 1.82) is 0 Å². The van der Waals surface area contributed by atoms with Gasteiger partial charge in [0.2, 0.25) is 0 Å². The molecule has 1 aliphatic rings. The lowest BCUT2D eigenvalue weighted by Crippen LogP contribution is -2.14. The molecule has 0 atom stereocenters. The standard InChI is InChI=1S/C18H21N3O/c1-12(2)13-3-5-15(6-4-13)21-18(22)17-11-16(9-10-19-17)20-14-7-8-14/h3-6,9-12,14H,7-8H2,1-2H3,(H,19,20)(H,21,22). The summed E-state index contributed by atoms with van der Waals surface area (Å²) in [6, 6.07) is 12.2. The molecule has 114 valence electrons. The quantitative estimate of drug-likeness (QED) is 0.875. The molecule has 1 saturated carbocycles. The number of benzene rings is 1. The average molecular weight is 295 g/mol. The first-order valence-corrected chi connectivity index (χ1v) is 7.76. The van der Waals surface area contributed by atoms with E-state index in [0.29, 0.717) is 17.7 Å². The summed E-state index contributed by atoms with van der Waals surface area (Å²) >= 11 is 0. The molecule has 4 nitrogen and oxygen atoms in total. The van der Waals surface area contributed by atoms with Gasteiger partial charge in [0, 0.05) is 23.6 Å². The maximum atomic E-state index is 12.3. The largest absolute Gasteiger partial charge is 0.382 e. The Balaban J connectivity index is 1.68. The minimum atomic E-state index is -0.184. The predicted molar refractivity (Wildman–Crippen MR) is 89.4 cm³/mol. The van der Waals surface area contributed by atoms with Gasteiger partial charge in [0.15, 0.2) is 0 Å². The third-order valence-electron chi connectivity index (χ3n) is 3.78. The Morgan fingerprint density at radius 2 is 1.86 bits per heavy atom. The molecule has 2 aromatic rings. The molecule has 1 fully saturated rings. The van der Waals surface area contributed by atoms with Crippen molar-refractivity contribution < 1.29 is 4.79 Å². The summed E-state index contributed by atoms with van der Waals surface area (Å²) in [7, 11) is 0. The molecule has 3 rings (SSSR count). The van der Waals surface area contributed by atoms with E-state index in [-0.39, 0.29) is 5.91 Å². The number of pyridine rings is 1. The Labute approximate surface area is 131 Å². The molecule has 0 aliphatic heterocycles. The molecule has 0 bridgehead atoms. The van der Waals surface area contributed by atoms with Crippen LogP contribution in [-0.2, 0) is 0 Å². The maximum Gasteiger partial charge on any atom is 0.274 e. The summed E-state index contributed by atoms with van der Waals surface area (Å²) < 4.78 is 0. The molecule has 1 aliphatic carbocycles. The fraction of sp³-hybridized carbons (Fsp3) is 0.333. The second-order valence-corrected chi connectivity index (χ2v) is 6.08. The number of carbonyl (C=O) groups is 1. The van der Waals surface area contributed by atoms with Crippen LogP contribution in [0.25, 0.3) is 0 Å². The lowest BCUT2D eigenvalue weighted by atomic mass is 10.0. The molecular formula is C18H21N3O. The van der Waals surface area contributed by atoms with Gasteiger partial charge in [-0.1, -0.05) is 26.0 Å². The normalized spacial score (nSPS) is 14.0. The molecule has 0 unspecified atom stereocenters. The zero-order valence-electron chi connectivity index (χ0n) is 13.0. The zero-order chi connectivity index (χ0) is 15.5. The third-order valence-corrected chi connectivity index (χ3v) is 3.78. The van der Waals surface area contributed by atoms with Crippen LogP contribution in [0.5, 0.6) is 0 Å². The van der Waals surface area contributed by atoms with E-state index in [0.717, 1.165) is 11.4 Å². The number of aromatic nitrogens is 1. The first-order chi connectivity index (χ1) is 10.6. The monoisotopic (exact) mass is 295 g/mol. The first kappa shape index (κ1) is 14.6. The van der Waals surface area contributed by atoms with Gasteiger partial charge in [0.1, 0.15) is 5.69 Å². The predicted octanol–water partition coefficient (Wildman–Crippen LogP) is 4.03. The van der Waals surface area contributed by atoms with Crippen molar-refractivity contribution in [2.75, 3.05) is 10.6 Å². The summed E-state index contributed by atoms with van der Waals surface area (Å²) in [4.78, 5) is 16.4. The van der Waals surface area contributed by atoms with Crippen molar-refractivity contribution in [1.82, 2.24) is 4.98 Å². The van der Waals surface area contributed by atoms with Crippen LogP contribution in [0.4, 0.5) is 11.4 Å². The molecule has 0 spiro atoms. The van der Waals surface area contributed by atoms with Gasteiger partial charge >= 0.3 is 0 Å². The molecule has 22 heavy (non-hydrogen) atoms. The molecule has 1 amide bonds. The van der Waals surface area contributed by atoms with Gasteiger partial charge in [0.25, 0.3) is 5.91 Å². The van der Waals surface area contributed by atoms with E-state index in [4.69, 9.17) is 0 Å². The Morgan fingerprint density at radius 1 is 1.14 bits per heavy atom.